The highest BCUT2D eigenvalue weighted by atomic mass is 16.2. The van der Waals surface area contributed by atoms with Crippen molar-refractivity contribution >= 4 is 11.8 Å². The number of hydrogen-bond donors (Lipinski definition) is 1. The van der Waals surface area contributed by atoms with Crippen molar-refractivity contribution in [2.75, 3.05) is 23.3 Å². The van der Waals surface area contributed by atoms with Crippen molar-refractivity contribution in [1.29, 1.82) is 0 Å². The van der Waals surface area contributed by atoms with E-state index < -0.39 is 0 Å². The Morgan fingerprint density at radius 3 is 2.76 bits per heavy atom. The first kappa shape index (κ1) is 15.9. The Kier molecular flexibility index (Phi) is 3.85. The van der Waals surface area contributed by atoms with Gasteiger partial charge in [0.05, 0.1) is 0 Å². The molecule has 9 heteroatoms. The molecule has 25 heavy (non-hydrogen) atoms. The fraction of sp³-hybridized carbons (Fsp3) is 0.625. The summed E-state index contributed by atoms with van der Waals surface area (Å²) in [5.41, 5.74) is -0.582. The predicted molar refractivity (Wildman–Crippen MR) is 93.9 cm³/mol. The van der Waals surface area contributed by atoms with Crippen molar-refractivity contribution in [3.8, 4) is 0 Å². The van der Waals surface area contributed by atoms with Crippen LogP contribution >= 0.6 is 0 Å². The van der Waals surface area contributed by atoms with Crippen LogP contribution in [0.2, 0.25) is 0 Å². The predicted octanol–water partition coefficient (Wildman–Crippen LogP) is -0.224. The maximum atomic E-state index is 12.1. The maximum Gasteiger partial charge on any atom is 0.332 e. The minimum atomic E-state index is -0.303. The van der Waals surface area contributed by atoms with Crippen molar-refractivity contribution in [3.63, 3.8) is 0 Å². The van der Waals surface area contributed by atoms with Gasteiger partial charge in [-0.1, -0.05) is 0 Å². The van der Waals surface area contributed by atoms with Crippen LogP contribution in [0.1, 0.15) is 19.3 Å². The van der Waals surface area contributed by atoms with Gasteiger partial charge in [0.2, 0.25) is 5.95 Å². The summed E-state index contributed by atoms with van der Waals surface area (Å²) in [6.07, 6.45) is 5.04. The minimum Gasteiger partial charge on any atom is -0.356 e. The van der Waals surface area contributed by atoms with Gasteiger partial charge in [-0.3, -0.25) is 13.9 Å². The summed E-state index contributed by atoms with van der Waals surface area (Å²) < 4.78 is 4.59. The molecular formula is C16H23N7O2. The van der Waals surface area contributed by atoms with Gasteiger partial charge >= 0.3 is 5.69 Å². The number of hydrogen-bond acceptors (Lipinski definition) is 6. The first-order valence-corrected chi connectivity index (χ1v) is 8.69. The van der Waals surface area contributed by atoms with E-state index in [1.165, 1.54) is 30.5 Å². The van der Waals surface area contributed by atoms with Crippen LogP contribution in [-0.2, 0) is 20.6 Å². The van der Waals surface area contributed by atoms with Crippen LogP contribution in [0.3, 0.4) is 0 Å². The lowest BCUT2D eigenvalue weighted by molar-refractivity contribution is 0.562. The van der Waals surface area contributed by atoms with Crippen molar-refractivity contribution in [2.45, 2.75) is 31.8 Å². The second-order valence-corrected chi connectivity index (χ2v) is 7.03. The summed E-state index contributed by atoms with van der Waals surface area (Å²) in [4.78, 5) is 30.5. The summed E-state index contributed by atoms with van der Waals surface area (Å²) in [7, 11) is 3.19. The van der Waals surface area contributed by atoms with Gasteiger partial charge in [-0.25, -0.2) is 9.48 Å². The third kappa shape index (κ3) is 3.06. The molecule has 0 amide bonds. The van der Waals surface area contributed by atoms with Gasteiger partial charge < -0.3 is 10.2 Å². The SMILES string of the molecule is Cn1c(N2CC[C@@H](Nc3ncnn3CC3CC3)C2)cc(=O)n(C)c1=O. The average Bonchev–Trinajstić information content (AvgIpc) is 3.11. The van der Waals surface area contributed by atoms with Crippen LogP contribution in [0, 0.1) is 5.92 Å². The Labute approximate surface area is 144 Å². The topological polar surface area (TPSA) is 90.0 Å². The number of rotatable bonds is 5. The van der Waals surface area contributed by atoms with Gasteiger partial charge in [-0.15, -0.1) is 0 Å². The fourth-order valence-electron chi connectivity index (χ4n) is 3.35. The molecule has 1 aliphatic heterocycles. The fourth-order valence-corrected chi connectivity index (χ4v) is 3.35. The van der Waals surface area contributed by atoms with E-state index in [-0.39, 0.29) is 17.3 Å². The normalized spacial score (nSPS) is 20.2. The van der Waals surface area contributed by atoms with E-state index in [9.17, 15) is 9.59 Å². The highest BCUT2D eigenvalue weighted by Crippen LogP contribution is 2.31. The maximum absolute atomic E-state index is 12.1. The minimum absolute atomic E-state index is 0.210. The zero-order valence-corrected chi connectivity index (χ0v) is 14.6. The van der Waals surface area contributed by atoms with E-state index in [1.807, 2.05) is 4.68 Å². The molecule has 2 aromatic rings. The second-order valence-electron chi connectivity index (χ2n) is 7.03. The molecule has 0 spiro atoms. The highest BCUT2D eigenvalue weighted by Gasteiger charge is 2.27. The van der Waals surface area contributed by atoms with E-state index in [4.69, 9.17) is 0 Å². The van der Waals surface area contributed by atoms with Crippen LogP contribution in [0.15, 0.2) is 22.0 Å². The Morgan fingerprint density at radius 2 is 2.00 bits per heavy atom. The standard InChI is InChI=1S/C16H23N7O2/c1-20-13(7-14(24)21(2)16(20)25)22-6-5-12(9-22)19-15-17-10-18-23(15)8-11-3-4-11/h7,10-12H,3-6,8-9H2,1-2H3,(H,17,18,19)/t12-/m1/s1. The molecule has 1 saturated heterocycles. The molecule has 1 atom stereocenters. The van der Waals surface area contributed by atoms with E-state index in [1.54, 1.807) is 13.4 Å². The number of anilines is 2. The second kappa shape index (κ2) is 6.05. The first-order valence-electron chi connectivity index (χ1n) is 8.69. The molecule has 0 radical (unpaired) electrons. The van der Waals surface area contributed by atoms with Gasteiger partial charge in [0.15, 0.2) is 0 Å². The summed E-state index contributed by atoms with van der Waals surface area (Å²) in [6.45, 7) is 2.42. The molecule has 3 heterocycles. The van der Waals surface area contributed by atoms with Gasteiger partial charge in [0.25, 0.3) is 5.56 Å². The molecular weight excluding hydrogens is 322 g/mol. The van der Waals surface area contributed by atoms with Gasteiger partial charge in [-0.2, -0.15) is 10.1 Å². The van der Waals surface area contributed by atoms with Crippen LogP contribution < -0.4 is 21.5 Å². The van der Waals surface area contributed by atoms with Crippen molar-refractivity contribution < 1.29 is 0 Å². The zero-order chi connectivity index (χ0) is 17.6. The van der Waals surface area contributed by atoms with Crippen LogP contribution in [0.4, 0.5) is 11.8 Å². The largest absolute Gasteiger partial charge is 0.356 e. The lowest BCUT2D eigenvalue weighted by Gasteiger charge is -2.21. The van der Waals surface area contributed by atoms with E-state index in [2.05, 4.69) is 20.3 Å². The van der Waals surface area contributed by atoms with Gasteiger partial charge in [-0.05, 0) is 25.2 Å². The van der Waals surface area contributed by atoms with E-state index in [0.29, 0.717) is 5.82 Å². The Bertz CT molecular complexity index is 893. The zero-order valence-electron chi connectivity index (χ0n) is 14.6. The summed E-state index contributed by atoms with van der Waals surface area (Å²) in [5, 5.41) is 7.76. The summed E-state index contributed by atoms with van der Waals surface area (Å²) in [6, 6.07) is 1.74. The van der Waals surface area contributed by atoms with E-state index >= 15 is 0 Å². The monoisotopic (exact) mass is 345 g/mol. The van der Waals surface area contributed by atoms with E-state index in [0.717, 1.165) is 42.5 Å². The molecule has 0 bridgehead atoms. The van der Waals surface area contributed by atoms with Crippen LogP contribution in [0.5, 0.6) is 0 Å². The molecule has 2 aliphatic rings. The Hall–Kier alpha value is -2.58. The van der Waals surface area contributed by atoms with Crippen molar-refractivity contribution in [1.82, 2.24) is 23.9 Å². The Balaban J connectivity index is 1.48. The smallest absolute Gasteiger partial charge is 0.332 e. The third-order valence-corrected chi connectivity index (χ3v) is 5.09. The molecule has 0 unspecified atom stereocenters. The van der Waals surface area contributed by atoms with Crippen molar-refractivity contribution in [3.05, 3.63) is 33.2 Å². The van der Waals surface area contributed by atoms with Crippen molar-refractivity contribution in [2.24, 2.45) is 20.0 Å². The molecule has 0 aromatic carbocycles. The lowest BCUT2D eigenvalue weighted by Crippen LogP contribution is -2.40. The molecule has 134 valence electrons. The van der Waals surface area contributed by atoms with Gasteiger partial charge in [0.1, 0.15) is 12.1 Å². The molecule has 1 saturated carbocycles. The van der Waals surface area contributed by atoms with Crippen LogP contribution in [-0.4, -0.2) is 43.0 Å². The third-order valence-electron chi connectivity index (χ3n) is 5.09. The molecule has 2 aromatic heterocycles. The first-order chi connectivity index (χ1) is 12.0. The van der Waals surface area contributed by atoms with Crippen LogP contribution in [0.25, 0.3) is 0 Å². The Morgan fingerprint density at radius 1 is 1.20 bits per heavy atom. The molecule has 9 nitrogen and oxygen atoms in total. The summed E-state index contributed by atoms with van der Waals surface area (Å²) in [5.74, 6) is 2.20. The summed E-state index contributed by atoms with van der Waals surface area (Å²) >= 11 is 0. The highest BCUT2D eigenvalue weighted by molar-refractivity contribution is 5.41. The lowest BCUT2D eigenvalue weighted by atomic mass is 10.3. The van der Waals surface area contributed by atoms with Gasteiger partial charge in [0, 0.05) is 45.8 Å². The molecule has 1 aliphatic carbocycles. The molecule has 4 rings (SSSR count). The molecule has 2 fully saturated rings. The average molecular weight is 345 g/mol. The number of nitrogens with zero attached hydrogens (tertiary/aromatic N) is 6. The quantitative estimate of drug-likeness (QED) is 0.806. The molecule has 1 N–H and O–H groups in total. The number of aromatic nitrogens is 5. The number of nitrogens with one attached hydrogen (secondary N) is 1.